The monoisotopic (exact) mass is 363 g/mol. The molecule has 0 unspecified atom stereocenters. The molecule has 0 bridgehead atoms. The Labute approximate surface area is 151 Å². The molecule has 132 valence electrons. The predicted molar refractivity (Wildman–Crippen MR) is 99.9 cm³/mol. The van der Waals surface area contributed by atoms with E-state index in [1.165, 1.54) is 37.9 Å². The number of anilines is 1. The minimum absolute atomic E-state index is 0. The molecular formula is C17H28Cl2FN3. The maximum absolute atomic E-state index is 13.2. The van der Waals surface area contributed by atoms with Crippen LogP contribution in [0.4, 0.5) is 10.1 Å². The van der Waals surface area contributed by atoms with E-state index in [1.54, 1.807) is 12.1 Å². The highest BCUT2D eigenvalue weighted by Gasteiger charge is 2.22. The zero-order chi connectivity index (χ0) is 14.7. The standard InChI is InChI=1S/C17H26FN3.2ClH/c1-13-11-14(18)4-5-17(13)21-9-6-15(7-10-21)20-12-16-3-2-8-19-16;;/h4-5,11,15-16,19-20H,2-3,6-10,12H2,1H3;2*1H/t16-;;/m0../s1. The number of piperidine rings is 1. The summed E-state index contributed by atoms with van der Waals surface area (Å²) in [5, 5.41) is 7.25. The van der Waals surface area contributed by atoms with Gasteiger partial charge in [-0.25, -0.2) is 4.39 Å². The second kappa shape index (κ2) is 9.67. The molecule has 0 spiro atoms. The van der Waals surface area contributed by atoms with Gasteiger partial charge < -0.3 is 15.5 Å². The van der Waals surface area contributed by atoms with E-state index in [0.29, 0.717) is 12.1 Å². The van der Waals surface area contributed by atoms with Gasteiger partial charge >= 0.3 is 0 Å². The fraction of sp³-hybridized carbons (Fsp3) is 0.647. The molecule has 6 heteroatoms. The van der Waals surface area contributed by atoms with E-state index in [4.69, 9.17) is 0 Å². The van der Waals surface area contributed by atoms with Crippen molar-refractivity contribution < 1.29 is 4.39 Å². The number of nitrogens with one attached hydrogen (secondary N) is 2. The number of hydrogen-bond donors (Lipinski definition) is 2. The van der Waals surface area contributed by atoms with Gasteiger partial charge in [0.2, 0.25) is 0 Å². The molecule has 0 aliphatic carbocycles. The smallest absolute Gasteiger partial charge is 0.123 e. The van der Waals surface area contributed by atoms with Gasteiger partial charge in [0, 0.05) is 37.4 Å². The number of hydrogen-bond acceptors (Lipinski definition) is 3. The van der Waals surface area contributed by atoms with Crippen LogP contribution in [0.2, 0.25) is 0 Å². The molecule has 0 amide bonds. The van der Waals surface area contributed by atoms with Gasteiger partial charge in [0.1, 0.15) is 5.82 Å². The number of benzene rings is 1. The summed E-state index contributed by atoms with van der Waals surface area (Å²) in [4.78, 5) is 2.39. The Morgan fingerprint density at radius 2 is 1.96 bits per heavy atom. The van der Waals surface area contributed by atoms with Gasteiger partial charge in [0.25, 0.3) is 0 Å². The molecule has 0 radical (unpaired) electrons. The Hall–Kier alpha value is -0.550. The lowest BCUT2D eigenvalue weighted by Gasteiger charge is -2.35. The molecule has 3 nitrogen and oxygen atoms in total. The third-order valence-corrected chi connectivity index (χ3v) is 4.81. The summed E-state index contributed by atoms with van der Waals surface area (Å²) < 4.78 is 13.2. The van der Waals surface area contributed by atoms with Gasteiger partial charge in [-0.1, -0.05) is 0 Å². The fourth-order valence-electron chi connectivity index (χ4n) is 3.54. The largest absolute Gasteiger partial charge is 0.371 e. The highest BCUT2D eigenvalue weighted by atomic mass is 35.5. The third-order valence-electron chi connectivity index (χ3n) is 4.81. The molecule has 3 rings (SSSR count). The van der Waals surface area contributed by atoms with Crippen LogP contribution in [0.5, 0.6) is 0 Å². The normalized spacial score (nSPS) is 21.7. The Morgan fingerprint density at radius 1 is 1.22 bits per heavy atom. The van der Waals surface area contributed by atoms with Crippen molar-refractivity contribution in [1.82, 2.24) is 10.6 Å². The van der Waals surface area contributed by atoms with Gasteiger partial charge in [-0.15, -0.1) is 24.8 Å². The maximum Gasteiger partial charge on any atom is 0.123 e. The Morgan fingerprint density at radius 3 is 2.57 bits per heavy atom. The zero-order valence-electron chi connectivity index (χ0n) is 13.7. The van der Waals surface area contributed by atoms with E-state index < -0.39 is 0 Å². The molecule has 23 heavy (non-hydrogen) atoms. The van der Waals surface area contributed by atoms with Gasteiger partial charge in [0.05, 0.1) is 0 Å². The summed E-state index contributed by atoms with van der Waals surface area (Å²) in [5.41, 5.74) is 2.23. The summed E-state index contributed by atoms with van der Waals surface area (Å²) in [6.45, 7) is 6.38. The SMILES string of the molecule is Cc1cc(F)ccc1N1CCC(NC[C@@H]2CCCN2)CC1.Cl.Cl. The summed E-state index contributed by atoms with van der Waals surface area (Å²) in [6.07, 6.45) is 4.96. The van der Waals surface area contributed by atoms with E-state index in [9.17, 15) is 4.39 Å². The first kappa shape index (κ1) is 20.5. The van der Waals surface area contributed by atoms with Crippen molar-refractivity contribution in [3.63, 3.8) is 0 Å². The second-order valence-corrected chi connectivity index (χ2v) is 6.39. The van der Waals surface area contributed by atoms with Crippen LogP contribution in [-0.4, -0.2) is 38.3 Å². The molecule has 2 heterocycles. The number of aryl methyl sites for hydroxylation is 1. The lowest BCUT2D eigenvalue weighted by Crippen LogP contribution is -2.46. The van der Waals surface area contributed by atoms with Gasteiger partial charge in [-0.2, -0.15) is 0 Å². The third kappa shape index (κ3) is 5.49. The molecule has 2 saturated heterocycles. The Balaban J connectivity index is 0.00000132. The minimum atomic E-state index is -0.142. The van der Waals surface area contributed by atoms with E-state index in [1.807, 2.05) is 13.0 Å². The van der Waals surface area contributed by atoms with Crippen molar-refractivity contribution in [3.8, 4) is 0 Å². The van der Waals surface area contributed by atoms with Crippen molar-refractivity contribution in [3.05, 3.63) is 29.6 Å². The van der Waals surface area contributed by atoms with Crippen molar-refractivity contribution >= 4 is 30.5 Å². The van der Waals surface area contributed by atoms with Crippen LogP contribution in [0.3, 0.4) is 0 Å². The summed E-state index contributed by atoms with van der Waals surface area (Å²) >= 11 is 0. The zero-order valence-corrected chi connectivity index (χ0v) is 15.3. The summed E-state index contributed by atoms with van der Waals surface area (Å²) in [7, 11) is 0. The lowest BCUT2D eigenvalue weighted by molar-refractivity contribution is 0.393. The predicted octanol–water partition coefficient (Wildman–Crippen LogP) is 3.29. The van der Waals surface area contributed by atoms with Crippen LogP contribution in [0.1, 0.15) is 31.2 Å². The van der Waals surface area contributed by atoms with Crippen LogP contribution in [0.15, 0.2) is 18.2 Å². The maximum atomic E-state index is 13.2. The Kier molecular flexibility index (Phi) is 8.62. The average molecular weight is 364 g/mol. The van der Waals surface area contributed by atoms with Gasteiger partial charge in [0.15, 0.2) is 0 Å². The lowest BCUT2D eigenvalue weighted by atomic mass is 10.0. The van der Waals surface area contributed by atoms with Crippen molar-refractivity contribution in [2.24, 2.45) is 0 Å². The highest BCUT2D eigenvalue weighted by molar-refractivity contribution is 5.85. The van der Waals surface area contributed by atoms with E-state index in [2.05, 4.69) is 15.5 Å². The molecule has 2 aliphatic rings. The molecule has 0 aromatic heterocycles. The van der Waals surface area contributed by atoms with E-state index in [-0.39, 0.29) is 30.6 Å². The van der Waals surface area contributed by atoms with Gasteiger partial charge in [-0.3, -0.25) is 0 Å². The van der Waals surface area contributed by atoms with Gasteiger partial charge in [-0.05, 0) is 62.9 Å². The second-order valence-electron chi connectivity index (χ2n) is 6.39. The fourth-order valence-corrected chi connectivity index (χ4v) is 3.54. The Bertz CT molecular complexity index is 473. The summed E-state index contributed by atoms with van der Waals surface area (Å²) in [5.74, 6) is -0.142. The molecule has 1 aromatic carbocycles. The average Bonchev–Trinajstić information content (AvgIpc) is 2.99. The molecular weight excluding hydrogens is 336 g/mol. The van der Waals surface area contributed by atoms with Crippen LogP contribution in [0, 0.1) is 12.7 Å². The minimum Gasteiger partial charge on any atom is -0.371 e. The first-order valence-electron chi connectivity index (χ1n) is 8.20. The summed E-state index contributed by atoms with van der Waals surface area (Å²) in [6, 6.07) is 6.41. The van der Waals surface area contributed by atoms with Crippen molar-refractivity contribution in [2.75, 3.05) is 31.1 Å². The van der Waals surface area contributed by atoms with E-state index in [0.717, 1.165) is 25.2 Å². The van der Waals surface area contributed by atoms with Crippen LogP contribution >= 0.6 is 24.8 Å². The first-order valence-corrected chi connectivity index (χ1v) is 8.20. The van der Waals surface area contributed by atoms with Crippen LogP contribution in [-0.2, 0) is 0 Å². The number of nitrogens with zero attached hydrogens (tertiary/aromatic N) is 1. The van der Waals surface area contributed by atoms with E-state index >= 15 is 0 Å². The quantitative estimate of drug-likeness (QED) is 0.859. The van der Waals surface area contributed by atoms with Crippen molar-refractivity contribution in [1.29, 1.82) is 0 Å². The molecule has 1 aromatic rings. The first-order chi connectivity index (χ1) is 10.2. The molecule has 2 aliphatic heterocycles. The molecule has 2 fully saturated rings. The van der Waals surface area contributed by atoms with Crippen LogP contribution in [0.25, 0.3) is 0 Å². The highest BCUT2D eigenvalue weighted by Crippen LogP contribution is 2.24. The number of halogens is 3. The van der Waals surface area contributed by atoms with Crippen molar-refractivity contribution in [2.45, 2.75) is 44.7 Å². The van der Waals surface area contributed by atoms with Crippen LogP contribution < -0.4 is 15.5 Å². The molecule has 0 saturated carbocycles. The molecule has 2 N–H and O–H groups in total. The topological polar surface area (TPSA) is 27.3 Å². The number of rotatable bonds is 4. The molecule has 1 atom stereocenters.